The third kappa shape index (κ3) is 3.49. The maximum Gasteiger partial charge on any atom is 0.280 e. The number of hydrogen-bond donors (Lipinski definition) is 0. The van der Waals surface area contributed by atoms with Gasteiger partial charge >= 0.3 is 0 Å². The van der Waals surface area contributed by atoms with Crippen LogP contribution in [0.25, 0.3) is 27.8 Å². The summed E-state index contributed by atoms with van der Waals surface area (Å²) in [5, 5.41) is 14.1. The minimum Gasteiger partial charge on any atom is -0.313 e. The Hall–Kier alpha value is -3.51. The van der Waals surface area contributed by atoms with Gasteiger partial charge in [0.15, 0.2) is 11.2 Å². The molecule has 5 aromatic rings. The molecule has 0 saturated heterocycles. The molecule has 0 radical (unpaired) electrons. The zero-order valence-electron chi connectivity index (χ0n) is 17.0. The maximum absolute atomic E-state index is 13.1. The molecule has 0 fully saturated rings. The lowest BCUT2D eigenvalue weighted by atomic mass is 10.0. The zero-order chi connectivity index (χ0) is 21.4. The second kappa shape index (κ2) is 7.96. The predicted octanol–water partition coefficient (Wildman–Crippen LogP) is 4.56. The molecule has 0 spiro atoms. The molecule has 2 aromatic carbocycles. The number of halogens is 1. The number of aryl methyl sites for hydroxylation is 3. The average Bonchev–Trinajstić information content (AvgIpc) is 3.19. The molecule has 0 amide bonds. The van der Waals surface area contributed by atoms with Gasteiger partial charge in [-0.1, -0.05) is 61.0 Å². The SMILES string of the molecule is CCc1nn2c(nnc3c(=O)n(CCc4ccccc4)ccc32)c1-c1ccc(Cl)cc1. The van der Waals surface area contributed by atoms with Gasteiger partial charge in [0.2, 0.25) is 0 Å². The first kappa shape index (κ1) is 19.5. The second-order valence-corrected chi connectivity index (χ2v) is 7.84. The van der Waals surface area contributed by atoms with Gasteiger partial charge in [-0.3, -0.25) is 4.79 Å². The van der Waals surface area contributed by atoms with Crippen molar-refractivity contribution in [3.05, 3.63) is 93.5 Å². The Labute approximate surface area is 183 Å². The fraction of sp³-hybridized carbons (Fsp3) is 0.167. The van der Waals surface area contributed by atoms with Crippen molar-refractivity contribution >= 4 is 28.3 Å². The molecule has 0 aliphatic carbocycles. The Bertz CT molecular complexity index is 1440. The van der Waals surface area contributed by atoms with Crippen LogP contribution in [0.4, 0.5) is 0 Å². The Morgan fingerprint density at radius 1 is 0.968 bits per heavy atom. The first-order valence-electron chi connectivity index (χ1n) is 10.2. The smallest absolute Gasteiger partial charge is 0.280 e. The molecule has 0 N–H and O–H groups in total. The molecule has 0 bridgehead atoms. The van der Waals surface area contributed by atoms with Gasteiger partial charge in [0.25, 0.3) is 5.56 Å². The van der Waals surface area contributed by atoms with Crippen LogP contribution in [-0.4, -0.2) is 24.4 Å². The van der Waals surface area contributed by atoms with E-state index >= 15 is 0 Å². The summed E-state index contributed by atoms with van der Waals surface area (Å²) in [6, 6.07) is 19.6. The predicted molar refractivity (Wildman–Crippen MR) is 123 cm³/mol. The van der Waals surface area contributed by atoms with Crippen molar-refractivity contribution in [3.8, 4) is 11.1 Å². The Morgan fingerprint density at radius 3 is 2.48 bits per heavy atom. The van der Waals surface area contributed by atoms with Crippen LogP contribution in [0.2, 0.25) is 5.02 Å². The fourth-order valence-corrected chi connectivity index (χ4v) is 3.98. The molecule has 3 aromatic heterocycles. The molecule has 31 heavy (non-hydrogen) atoms. The number of rotatable bonds is 5. The van der Waals surface area contributed by atoms with Crippen LogP contribution in [-0.2, 0) is 19.4 Å². The number of pyridine rings is 1. The van der Waals surface area contributed by atoms with E-state index in [1.165, 1.54) is 5.56 Å². The summed E-state index contributed by atoms with van der Waals surface area (Å²) in [6.07, 6.45) is 3.31. The number of benzene rings is 2. The summed E-state index contributed by atoms with van der Waals surface area (Å²) >= 11 is 6.05. The van der Waals surface area contributed by atoms with Gasteiger partial charge in [0, 0.05) is 17.8 Å². The summed E-state index contributed by atoms with van der Waals surface area (Å²) < 4.78 is 3.41. The number of hydrogen-bond acceptors (Lipinski definition) is 4. The Morgan fingerprint density at radius 2 is 1.74 bits per heavy atom. The quantitative estimate of drug-likeness (QED) is 0.410. The van der Waals surface area contributed by atoms with E-state index in [0.29, 0.717) is 28.2 Å². The van der Waals surface area contributed by atoms with Crippen molar-refractivity contribution in [1.29, 1.82) is 0 Å². The summed E-state index contributed by atoms with van der Waals surface area (Å²) in [5.74, 6) is 0. The van der Waals surface area contributed by atoms with Gasteiger partial charge in [0.1, 0.15) is 5.52 Å². The van der Waals surface area contributed by atoms with E-state index in [0.717, 1.165) is 29.7 Å². The minimum absolute atomic E-state index is 0.163. The first-order chi connectivity index (χ1) is 15.2. The lowest BCUT2D eigenvalue weighted by Crippen LogP contribution is -2.22. The molecule has 0 atom stereocenters. The van der Waals surface area contributed by atoms with E-state index in [1.807, 2.05) is 61.7 Å². The topological polar surface area (TPSA) is 65.1 Å². The van der Waals surface area contributed by atoms with E-state index in [9.17, 15) is 4.79 Å². The maximum atomic E-state index is 13.1. The van der Waals surface area contributed by atoms with Crippen LogP contribution < -0.4 is 5.56 Å². The van der Waals surface area contributed by atoms with E-state index in [1.54, 1.807) is 9.08 Å². The van der Waals surface area contributed by atoms with Gasteiger partial charge in [-0.05, 0) is 42.2 Å². The second-order valence-electron chi connectivity index (χ2n) is 7.40. The molecule has 3 heterocycles. The molecule has 5 rings (SSSR count). The van der Waals surface area contributed by atoms with Crippen molar-refractivity contribution in [2.24, 2.45) is 0 Å². The average molecular weight is 430 g/mol. The van der Waals surface area contributed by atoms with Crippen molar-refractivity contribution in [2.45, 2.75) is 26.3 Å². The van der Waals surface area contributed by atoms with Crippen LogP contribution in [0.5, 0.6) is 0 Å². The minimum atomic E-state index is -0.163. The van der Waals surface area contributed by atoms with Crippen LogP contribution in [0, 0.1) is 0 Å². The molecular weight excluding hydrogens is 410 g/mol. The number of fused-ring (bicyclic) bond motifs is 3. The highest BCUT2D eigenvalue weighted by molar-refractivity contribution is 6.30. The Kier molecular flexibility index (Phi) is 5.00. The normalized spacial score (nSPS) is 11.4. The lowest BCUT2D eigenvalue weighted by Gasteiger charge is -2.07. The summed E-state index contributed by atoms with van der Waals surface area (Å²) in [6.45, 7) is 2.63. The third-order valence-corrected chi connectivity index (χ3v) is 5.73. The van der Waals surface area contributed by atoms with E-state index in [4.69, 9.17) is 16.7 Å². The fourth-order valence-electron chi connectivity index (χ4n) is 3.86. The van der Waals surface area contributed by atoms with Gasteiger partial charge in [-0.25, -0.2) is 4.52 Å². The lowest BCUT2D eigenvalue weighted by molar-refractivity contribution is 0.671. The summed E-state index contributed by atoms with van der Waals surface area (Å²) in [4.78, 5) is 13.1. The summed E-state index contributed by atoms with van der Waals surface area (Å²) in [7, 11) is 0. The highest BCUT2D eigenvalue weighted by Crippen LogP contribution is 2.29. The first-order valence-corrected chi connectivity index (χ1v) is 10.6. The van der Waals surface area contributed by atoms with Gasteiger partial charge < -0.3 is 4.57 Å². The molecule has 7 heteroatoms. The van der Waals surface area contributed by atoms with Crippen LogP contribution >= 0.6 is 11.6 Å². The highest BCUT2D eigenvalue weighted by atomic mass is 35.5. The van der Waals surface area contributed by atoms with Crippen molar-refractivity contribution in [1.82, 2.24) is 24.4 Å². The molecule has 0 saturated carbocycles. The van der Waals surface area contributed by atoms with Crippen molar-refractivity contribution < 1.29 is 0 Å². The van der Waals surface area contributed by atoms with E-state index in [2.05, 4.69) is 22.3 Å². The number of aromatic nitrogens is 5. The zero-order valence-corrected chi connectivity index (χ0v) is 17.8. The standard InChI is InChI=1S/C24H20ClN5O/c1-2-19-21(17-8-10-18(25)11-9-17)23-27-26-22-20(30(23)28-19)13-15-29(24(22)31)14-12-16-6-4-3-5-7-16/h3-11,13,15H,2,12,14H2,1H3. The largest absolute Gasteiger partial charge is 0.313 e. The molecule has 0 aliphatic heterocycles. The van der Waals surface area contributed by atoms with Crippen molar-refractivity contribution in [3.63, 3.8) is 0 Å². The third-order valence-electron chi connectivity index (χ3n) is 5.48. The highest BCUT2D eigenvalue weighted by Gasteiger charge is 2.18. The number of nitrogens with zero attached hydrogens (tertiary/aromatic N) is 5. The monoisotopic (exact) mass is 429 g/mol. The van der Waals surface area contributed by atoms with Crippen molar-refractivity contribution in [2.75, 3.05) is 0 Å². The van der Waals surface area contributed by atoms with Gasteiger partial charge in [-0.2, -0.15) is 5.10 Å². The van der Waals surface area contributed by atoms with Gasteiger partial charge in [0.05, 0.1) is 11.3 Å². The van der Waals surface area contributed by atoms with Crippen LogP contribution in [0.15, 0.2) is 71.7 Å². The van der Waals surface area contributed by atoms with Crippen LogP contribution in [0.3, 0.4) is 0 Å². The van der Waals surface area contributed by atoms with Gasteiger partial charge in [-0.15, -0.1) is 10.2 Å². The molecule has 6 nitrogen and oxygen atoms in total. The molecule has 0 unspecified atom stereocenters. The summed E-state index contributed by atoms with van der Waals surface area (Å²) in [5.41, 5.74) is 5.41. The van der Waals surface area contributed by atoms with Crippen LogP contribution in [0.1, 0.15) is 18.2 Å². The molecule has 154 valence electrons. The Balaban J connectivity index is 1.61. The van der Waals surface area contributed by atoms with E-state index in [-0.39, 0.29) is 5.56 Å². The molecule has 0 aliphatic rings. The van der Waals surface area contributed by atoms with E-state index < -0.39 is 0 Å². The molecular formula is C24H20ClN5O.